The van der Waals surface area contributed by atoms with Crippen LogP contribution in [0.15, 0.2) is 39.6 Å². The van der Waals surface area contributed by atoms with Crippen molar-refractivity contribution >= 4 is 17.0 Å². The van der Waals surface area contributed by atoms with Crippen LogP contribution in [-0.2, 0) is 24.2 Å². The molecule has 3 rings (SSSR count). The van der Waals surface area contributed by atoms with Crippen molar-refractivity contribution in [3.05, 3.63) is 57.8 Å². The minimum atomic E-state index is -0.293. The van der Waals surface area contributed by atoms with E-state index in [0.717, 1.165) is 12.0 Å². The summed E-state index contributed by atoms with van der Waals surface area (Å²) in [4.78, 5) is 29.1. The number of amides is 1. The molecule has 0 spiro atoms. The molecular weight excluding hydrogens is 320 g/mol. The average molecular weight is 340 g/mol. The lowest BCUT2D eigenvalue weighted by atomic mass is 10.1. The highest BCUT2D eigenvalue weighted by atomic mass is 16.5. The van der Waals surface area contributed by atoms with E-state index in [4.69, 9.17) is 4.52 Å². The van der Waals surface area contributed by atoms with Crippen molar-refractivity contribution in [2.24, 2.45) is 0 Å². The number of nitrogens with one attached hydrogen (secondary N) is 1. The molecule has 0 saturated carbocycles. The zero-order chi connectivity index (χ0) is 17.8. The van der Waals surface area contributed by atoms with Crippen molar-refractivity contribution in [1.82, 2.24) is 20.0 Å². The number of carbonyl (C=O) groups is 1. The van der Waals surface area contributed by atoms with Gasteiger partial charge < -0.3 is 9.84 Å². The largest absolute Gasteiger partial charge is 0.354 e. The van der Waals surface area contributed by atoms with Gasteiger partial charge in [0.1, 0.15) is 17.8 Å². The predicted octanol–water partition coefficient (Wildman–Crippen LogP) is 1.61. The highest BCUT2D eigenvalue weighted by Crippen LogP contribution is 2.13. The van der Waals surface area contributed by atoms with Gasteiger partial charge in [0.05, 0.1) is 5.69 Å². The van der Waals surface area contributed by atoms with Crippen LogP contribution in [0.1, 0.15) is 24.0 Å². The van der Waals surface area contributed by atoms with E-state index in [1.54, 1.807) is 6.92 Å². The molecule has 0 aliphatic heterocycles. The lowest BCUT2D eigenvalue weighted by Crippen LogP contribution is -2.34. The zero-order valence-corrected chi connectivity index (χ0v) is 14.3. The molecule has 1 amide bonds. The first-order valence-corrected chi connectivity index (χ1v) is 8.26. The number of hydrogen-bond donors (Lipinski definition) is 1. The highest BCUT2D eigenvalue weighted by molar-refractivity contribution is 5.78. The standard InChI is InChI=1S/C18H20N4O3/c1-3-14-16-17(25-21-14)20-12(2)22(18(16)24)11-15(23)19-10-9-13-7-5-4-6-8-13/h4-8H,3,9-11H2,1-2H3,(H,19,23). The normalized spacial score (nSPS) is 11.0. The van der Waals surface area contributed by atoms with Crippen molar-refractivity contribution in [2.75, 3.05) is 6.54 Å². The van der Waals surface area contributed by atoms with E-state index in [-0.39, 0.29) is 23.7 Å². The van der Waals surface area contributed by atoms with Crippen LogP contribution in [0.25, 0.3) is 11.1 Å². The van der Waals surface area contributed by atoms with Crippen LogP contribution in [0, 0.1) is 6.92 Å². The Balaban J connectivity index is 1.71. The van der Waals surface area contributed by atoms with Gasteiger partial charge in [-0.2, -0.15) is 4.98 Å². The number of hydrogen-bond acceptors (Lipinski definition) is 5. The van der Waals surface area contributed by atoms with Crippen LogP contribution in [0.2, 0.25) is 0 Å². The number of rotatable bonds is 6. The summed E-state index contributed by atoms with van der Waals surface area (Å²) >= 11 is 0. The van der Waals surface area contributed by atoms with Crippen molar-refractivity contribution in [3.8, 4) is 0 Å². The van der Waals surface area contributed by atoms with Crippen molar-refractivity contribution in [3.63, 3.8) is 0 Å². The van der Waals surface area contributed by atoms with Crippen molar-refractivity contribution in [1.29, 1.82) is 0 Å². The summed E-state index contributed by atoms with van der Waals surface area (Å²) < 4.78 is 6.46. The minimum Gasteiger partial charge on any atom is -0.354 e. The van der Waals surface area contributed by atoms with Crippen LogP contribution >= 0.6 is 0 Å². The number of aryl methyl sites for hydroxylation is 2. The van der Waals surface area contributed by atoms with E-state index in [2.05, 4.69) is 15.5 Å². The molecule has 0 atom stereocenters. The summed E-state index contributed by atoms with van der Waals surface area (Å²) in [5.74, 6) is 0.200. The van der Waals surface area contributed by atoms with Crippen LogP contribution in [0.3, 0.4) is 0 Å². The summed E-state index contributed by atoms with van der Waals surface area (Å²) in [5, 5.41) is 7.06. The summed E-state index contributed by atoms with van der Waals surface area (Å²) in [5.41, 5.74) is 1.64. The third kappa shape index (κ3) is 3.60. The maximum absolute atomic E-state index is 12.7. The number of aromatic nitrogens is 3. The molecule has 0 saturated heterocycles. The molecule has 0 fully saturated rings. The molecule has 7 nitrogen and oxygen atoms in total. The molecule has 0 unspecified atom stereocenters. The molecular formula is C18H20N4O3. The minimum absolute atomic E-state index is 0.0727. The van der Waals surface area contributed by atoms with Crippen LogP contribution in [-0.4, -0.2) is 27.2 Å². The summed E-state index contributed by atoms with van der Waals surface area (Å²) in [6, 6.07) is 9.90. The fourth-order valence-corrected chi connectivity index (χ4v) is 2.71. The van der Waals surface area contributed by atoms with Crippen LogP contribution < -0.4 is 10.9 Å². The topological polar surface area (TPSA) is 90.0 Å². The van der Waals surface area contributed by atoms with E-state index in [1.807, 2.05) is 37.3 Å². The maximum Gasteiger partial charge on any atom is 0.267 e. The Morgan fingerprint density at radius 1 is 1.28 bits per heavy atom. The van der Waals surface area contributed by atoms with Crippen LogP contribution in [0.4, 0.5) is 0 Å². The molecule has 1 N–H and O–H groups in total. The van der Waals surface area contributed by atoms with E-state index in [0.29, 0.717) is 29.9 Å². The number of carbonyl (C=O) groups excluding carboxylic acids is 1. The SMILES string of the molecule is CCc1noc2nc(C)n(CC(=O)NCCc3ccccc3)c(=O)c12. The second kappa shape index (κ2) is 7.29. The Bertz CT molecular complexity index is 944. The van der Waals surface area contributed by atoms with Gasteiger partial charge in [0.25, 0.3) is 11.3 Å². The van der Waals surface area contributed by atoms with E-state index in [1.165, 1.54) is 4.57 Å². The lowest BCUT2D eigenvalue weighted by molar-refractivity contribution is -0.121. The third-order valence-electron chi connectivity index (χ3n) is 4.07. The van der Waals surface area contributed by atoms with E-state index < -0.39 is 0 Å². The second-order valence-electron chi connectivity index (χ2n) is 5.80. The van der Waals surface area contributed by atoms with E-state index in [9.17, 15) is 9.59 Å². The molecule has 2 heterocycles. The Kier molecular flexibility index (Phi) is 4.92. The molecule has 2 aromatic heterocycles. The van der Waals surface area contributed by atoms with Crippen molar-refractivity contribution in [2.45, 2.75) is 33.2 Å². The molecule has 7 heteroatoms. The predicted molar refractivity (Wildman–Crippen MR) is 93.3 cm³/mol. The van der Waals surface area contributed by atoms with E-state index >= 15 is 0 Å². The number of nitrogens with zero attached hydrogens (tertiary/aromatic N) is 3. The van der Waals surface area contributed by atoms with Gasteiger partial charge in [0.2, 0.25) is 5.91 Å². The highest BCUT2D eigenvalue weighted by Gasteiger charge is 2.17. The fraction of sp³-hybridized carbons (Fsp3) is 0.333. The Morgan fingerprint density at radius 2 is 2.04 bits per heavy atom. The third-order valence-corrected chi connectivity index (χ3v) is 4.07. The molecule has 1 aromatic carbocycles. The summed E-state index contributed by atoms with van der Waals surface area (Å²) in [6.45, 7) is 4.00. The molecule has 0 radical (unpaired) electrons. The first-order chi connectivity index (χ1) is 12.1. The first-order valence-electron chi connectivity index (χ1n) is 8.26. The van der Waals surface area contributed by atoms with Gasteiger partial charge in [0, 0.05) is 6.54 Å². The monoisotopic (exact) mass is 340 g/mol. The Hall–Kier alpha value is -2.96. The number of benzene rings is 1. The Morgan fingerprint density at radius 3 is 2.76 bits per heavy atom. The molecule has 3 aromatic rings. The smallest absolute Gasteiger partial charge is 0.267 e. The van der Waals surface area contributed by atoms with Gasteiger partial charge in [-0.15, -0.1) is 0 Å². The average Bonchev–Trinajstić information content (AvgIpc) is 3.02. The fourth-order valence-electron chi connectivity index (χ4n) is 2.71. The van der Waals surface area contributed by atoms with Crippen molar-refractivity contribution < 1.29 is 9.32 Å². The molecule has 0 aliphatic rings. The summed E-state index contributed by atoms with van der Waals surface area (Å²) in [6.07, 6.45) is 1.31. The Labute approximate surface area is 144 Å². The molecule has 0 bridgehead atoms. The van der Waals surface area contributed by atoms with Gasteiger partial charge >= 0.3 is 0 Å². The number of fused-ring (bicyclic) bond motifs is 1. The van der Waals surface area contributed by atoms with Gasteiger partial charge in [-0.25, -0.2) is 0 Å². The van der Waals surface area contributed by atoms with Gasteiger partial charge in [0.15, 0.2) is 0 Å². The maximum atomic E-state index is 12.7. The molecule has 25 heavy (non-hydrogen) atoms. The van der Waals surface area contributed by atoms with Gasteiger partial charge in [-0.1, -0.05) is 42.4 Å². The van der Waals surface area contributed by atoms with Gasteiger partial charge in [-0.3, -0.25) is 14.2 Å². The molecule has 0 aliphatic carbocycles. The van der Waals surface area contributed by atoms with Crippen LogP contribution in [0.5, 0.6) is 0 Å². The first kappa shape index (κ1) is 16.9. The zero-order valence-electron chi connectivity index (χ0n) is 14.3. The second-order valence-corrected chi connectivity index (χ2v) is 5.80. The molecule has 130 valence electrons. The quantitative estimate of drug-likeness (QED) is 0.736. The summed E-state index contributed by atoms with van der Waals surface area (Å²) in [7, 11) is 0. The lowest BCUT2D eigenvalue weighted by Gasteiger charge is -2.10. The van der Waals surface area contributed by atoms with Gasteiger partial charge in [-0.05, 0) is 25.3 Å².